The van der Waals surface area contributed by atoms with Gasteiger partial charge in [0.15, 0.2) is 0 Å². The predicted molar refractivity (Wildman–Crippen MR) is 69.5 cm³/mol. The zero-order valence-electron chi connectivity index (χ0n) is 8.83. The predicted octanol–water partition coefficient (Wildman–Crippen LogP) is 2.69. The van der Waals surface area contributed by atoms with Gasteiger partial charge in [-0.25, -0.2) is 0 Å². The van der Waals surface area contributed by atoms with Crippen LogP contribution >= 0.6 is 27.7 Å². The third-order valence-corrected chi connectivity index (χ3v) is 3.55. The maximum absolute atomic E-state index is 5.59. The standard InChI is InChI=1S/C11H16BrNOS/c1-14-6-7-15-11-3-2-10(12)8-9(11)4-5-13/h2-3,8H,4-7,13H2,1H3. The van der Waals surface area contributed by atoms with Crippen LogP contribution in [0.1, 0.15) is 5.56 Å². The Hall–Kier alpha value is -0.0300. The van der Waals surface area contributed by atoms with Gasteiger partial charge in [-0.3, -0.25) is 0 Å². The number of methoxy groups -OCH3 is 1. The molecule has 2 nitrogen and oxygen atoms in total. The summed E-state index contributed by atoms with van der Waals surface area (Å²) in [4.78, 5) is 1.31. The molecular weight excluding hydrogens is 274 g/mol. The van der Waals surface area contributed by atoms with E-state index >= 15 is 0 Å². The minimum atomic E-state index is 0.689. The fourth-order valence-corrected chi connectivity index (χ4v) is 2.66. The summed E-state index contributed by atoms with van der Waals surface area (Å²) in [5, 5.41) is 0. The molecule has 0 aliphatic rings. The number of hydrogen-bond acceptors (Lipinski definition) is 3. The maximum Gasteiger partial charge on any atom is 0.0556 e. The molecule has 4 heteroatoms. The summed E-state index contributed by atoms with van der Waals surface area (Å²) < 4.78 is 6.15. The molecule has 1 rings (SSSR count). The lowest BCUT2D eigenvalue weighted by Gasteiger charge is -2.08. The van der Waals surface area contributed by atoms with Crippen LogP contribution in [0.5, 0.6) is 0 Å². The highest BCUT2D eigenvalue weighted by Gasteiger charge is 2.03. The van der Waals surface area contributed by atoms with Crippen molar-refractivity contribution in [1.29, 1.82) is 0 Å². The first-order valence-corrected chi connectivity index (χ1v) is 6.66. The second kappa shape index (κ2) is 7.28. The molecule has 0 aromatic heterocycles. The summed E-state index contributed by atoms with van der Waals surface area (Å²) >= 11 is 5.29. The van der Waals surface area contributed by atoms with Crippen molar-refractivity contribution >= 4 is 27.7 Å². The lowest BCUT2D eigenvalue weighted by atomic mass is 10.1. The van der Waals surface area contributed by atoms with E-state index in [1.54, 1.807) is 7.11 Å². The molecule has 15 heavy (non-hydrogen) atoms. The van der Waals surface area contributed by atoms with Crippen molar-refractivity contribution in [2.75, 3.05) is 26.0 Å². The lowest BCUT2D eigenvalue weighted by Crippen LogP contribution is -2.04. The zero-order valence-corrected chi connectivity index (χ0v) is 11.2. The molecule has 0 spiro atoms. The summed E-state index contributed by atoms with van der Waals surface area (Å²) in [6.45, 7) is 1.47. The summed E-state index contributed by atoms with van der Waals surface area (Å²) in [5.74, 6) is 0.982. The fraction of sp³-hybridized carbons (Fsp3) is 0.455. The van der Waals surface area contributed by atoms with E-state index in [0.717, 1.165) is 23.3 Å². The van der Waals surface area contributed by atoms with Crippen molar-refractivity contribution in [2.24, 2.45) is 5.73 Å². The molecule has 0 radical (unpaired) electrons. The smallest absolute Gasteiger partial charge is 0.0556 e. The van der Waals surface area contributed by atoms with Crippen LogP contribution in [0.15, 0.2) is 27.6 Å². The Bertz CT molecular complexity index is 307. The Labute approximate surface area is 104 Å². The molecule has 2 N–H and O–H groups in total. The fourth-order valence-electron chi connectivity index (χ4n) is 1.27. The maximum atomic E-state index is 5.59. The SMILES string of the molecule is COCCSc1ccc(Br)cc1CCN. The number of ether oxygens (including phenoxy) is 1. The molecule has 84 valence electrons. The van der Waals surface area contributed by atoms with Gasteiger partial charge in [-0.15, -0.1) is 11.8 Å². The highest BCUT2D eigenvalue weighted by atomic mass is 79.9. The van der Waals surface area contributed by atoms with Gasteiger partial charge in [0, 0.05) is 22.2 Å². The molecular formula is C11H16BrNOS. The van der Waals surface area contributed by atoms with Gasteiger partial charge in [0.1, 0.15) is 0 Å². The molecule has 0 atom stereocenters. The van der Waals surface area contributed by atoms with E-state index in [4.69, 9.17) is 10.5 Å². The molecule has 0 fully saturated rings. The van der Waals surface area contributed by atoms with Gasteiger partial charge in [-0.2, -0.15) is 0 Å². The molecule has 0 aliphatic heterocycles. The molecule has 1 aromatic rings. The van der Waals surface area contributed by atoms with Crippen molar-refractivity contribution in [3.05, 3.63) is 28.2 Å². The topological polar surface area (TPSA) is 35.2 Å². The Morgan fingerprint density at radius 3 is 2.93 bits per heavy atom. The van der Waals surface area contributed by atoms with Gasteiger partial charge in [-0.05, 0) is 36.7 Å². The Morgan fingerprint density at radius 2 is 2.27 bits per heavy atom. The monoisotopic (exact) mass is 289 g/mol. The van der Waals surface area contributed by atoms with Crippen LogP contribution in [0.25, 0.3) is 0 Å². The Morgan fingerprint density at radius 1 is 1.47 bits per heavy atom. The molecule has 0 amide bonds. The summed E-state index contributed by atoms with van der Waals surface area (Å²) in [5.41, 5.74) is 6.90. The van der Waals surface area contributed by atoms with Crippen LogP contribution in [-0.2, 0) is 11.2 Å². The van der Waals surface area contributed by atoms with E-state index in [1.165, 1.54) is 10.5 Å². The van der Waals surface area contributed by atoms with Crippen molar-refractivity contribution in [3.63, 3.8) is 0 Å². The van der Waals surface area contributed by atoms with Crippen molar-refractivity contribution in [2.45, 2.75) is 11.3 Å². The minimum Gasteiger partial charge on any atom is -0.384 e. The van der Waals surface area contributed by atoms with Crippen LogP contribution in [0.2, 0.25) is 0 Å². The largest absolute Gasteiger partial charge is 0.384 e. The van der Waals surface area contributed by atoms with Crippen molar-refractivity contribution in [3.8, 4) is 0 Å². The summed E-state index contributed by atoms with van der Waals surface area (Å²) in [7, 11) is 1.73. The van der Waals surface area contributed by atoms with E-state index in [-0.39, 0.29) is 0 Å². The second-order valence-electron chi connectivity index (χ2n) is 3.13. The van der Waals surface area contributed by atoms with E-state index in [9.17, 15) is 0 Å². The third-order valence-electron chi connectivity index (χ3n) is 1.98. The summed E-state index contributed by atoms with van der Waals surface area (Å²) in [6.07, 6.45) is 0.925. The Balaban J connectivity index is 2.67. The molecule has 0 saturated carbocycles. The summed E-state index contributed by atoms with van der Waals surface area (Å²) in [6, 6.07) is 6.34. The van der Waals surface area contributed by atoms with Crippen LogP contribution < -0.4 is 5.73 Å². The van der Waals surface area contributed by atoms with Crippen molar-refractivity contribution < 1.29 is 4.74 Å². The number of benzene rings is 1. The van der Waals surface area contributed by atoms with Gasteiger partial charge in [0.2, 0.25) is 0 Å². The highest BCUT2D eigenvalue weighted by molar-refractivity contribution is 9.10. The van der Waals surface area contributed by atoms with E-state index in [0.29, 0.717) is 6.54 Å². The Kier molecular flexibility index (Phi) is 6.32. The number of thioether (sulfide) groups is 1. The van der Waals surface area contributed by atoms with Gasteiger partial charge in [-0.1, -0.05) is 15.9 Å². The number of rotatable bonds is 6. The van der Waals surface area contributed by atoms with Gasteiger partial charge in [0.05, 0.1) is 6.61 Å². The molecule has 0 unspecified atom stereocenters. The molecule has 0 saturated heterocycles. The molecule has 0 bridgehead atoms. The zero-order chi connectivity index (χ0) is 11.1. The van der Waals surface area contributed by atoms with Crippen LogP contribution in [0, 0.1) is 0 Å². The second-order valence-corrected chi connectivity index (χ2v) is 5.18. The molecule has 1 aromatic carbocycles. The third kappa shape index (κ3) is 4.55. The quantitative estimate of drug-likeness (QED) is 0.646. The minimum absolute atomic E-state index is 0.689. The molecule has 0 aliphatic carbocycles. The van der Waals surface area contributed by atoms with Gasteiger partial charge in [0.25, 0.3) is 0 Å². The van der Waals surface area contributed by atoms with E-state index < -0.39 is 0 Å². The van der Waals surface area contributed by atoms with Crippen molar-refractivity contribution in [1.82, 2.24) is 0 Å². The van der Waals surface area contributed by atoms with Gasteiger partial charge >= 0.3 is 0 Å². The first-order chi connectivity index (χ1) is 7.27. The average Bonchev–Trinajstić information content (AvgIpc) is 2.22. The average molecular weight is 290 g/mol. The van der Waals surface area contributed by atoms with Crippen LogP contribution in [0.3, 0.4) is 0 Å². The van der Waals surface area contributed by atoms with Crippen LogP contribution in [-0.4, -0.2) is 26.0 Å². The number of halogens is 1. The first-order valence-electron chi connectivity index (χ1n) is 4.88. The van der Waals surface area contributed by atoms with E-state index in [2.05, 4.69) is 34.1 Å². The number of hydrogen-bond donors (Lipinski definition) is 1. The lowest BCUT2D eigenvalue weighted by molar-refractivity contribution is 0.218. The van der Waals surface area contributed by atoms with Gasteiger partial charge < -0.3 is 10.5 Å². The normalized spacial score (nSPS) is 10.6. The van der Waals surface area contributed by atoms with E-state index in [1.807, 2.05) is 11.8 Å². The molecule has 0 heterocycles. The number of nitrogens with two attached hydrogens (primary N) is 1. The first kappa shape index (κ1) is 13.0. The van der Waals surface area contributed by atoms with Crippen LogP contribution in [0.4, 0.5) is 0 Å². The highest BCUT2D eigenvalue weighted by Crippen LogP contribution is 2.26.